The molecule has 0 heterocycles. The molecule has 1 unspecified atom stereocenters. The fraction of sp³-hybridized carbons (Fsp3) is 0.267. The molecular weight excluding hydrogens is 258 g/mol. The first-order valence-corrected chi connectivity index (χ1v) is 6.20. The van der Waals surface area contributed by atoms with E-state index < -0.39 is 11.9 Å². The number of hydrogen-bond donors (Lipinski definition) is 2. The Morgan fingerprint density at radius 1 is 1.25 bits per heavy atom. The van der Waals surface area contributed by atoms with E-state index in [0.29, 0.717) is 17.1 Å². The number of fused-ring (bicyclic) bond motifs is 1. The highest BCUT2D eigenvalue weighted by Gasteiger charge is 2.24. The standard InChI is InChI=1S/C15H17NO4/c1-19-10-5-3-9-4-6-13(20-2)14(11(9)7-10)12(8-16)15(17)18/h3-7,12H,8,16H2,1-2H3,(H,17,18). The zero-order valence-corrected chi connectivity index (χ0v) is 11.4. The van der Waals surface area contributed by atoms with Crippen molar-refractivity contribution < 1.29 is 19.4 Å². The Morgan fingerprint density at radius 2 is 1.95 bits per heavy atom. The molecule has 0 saturated carbocycles. The molecule has 0 aliphatic rings. The zero-order valence-electron chi connectivity index (χ0n) is 11.4. The van der Waals surface area contributed by atoms with Crippen molar-refractivity contribution in [1.29, 1.82) is 0 Å². The fourth-order valence-electron chi connectivity index (χ4n) is 2.31. The predicted molar refractivity (Wildman–Crippen MR) is 76.5 cm³/mol. The molecule has 5 nitrogen and oxygen atoms in total. The van der Waals surface area contributed by atoms with Crippen LogP contribution in [0.1, 0.15) is 11.5 Å². The number of hydrogen-bond acceptors (Lipinski definition) is 4. The highest BCUT2D eigenvalue weighted by atomic mass is 16.5. The maximum Gasteiger partial charge on any atom is 0.312 e. The van der Waals surface area contributed by atoms with Crippen molar-refractivity contribution in [2.75, 3.05) is 20.8 Å². The SMILES string of the molecule is COc1ccc2ccc(OC)c(C(CN)C(=O)O)c2c1. The van der Waals surface area contributed by atoms with E-state index >= 15 is 0 Å². The second-order valence-electron chi connectivity index (χ2n) is 4.40. The van der Waals surface area contributed by atoms with Crippen LogP contribution in [0.25, 0.3) is 10.8 Å². The summed E-state index contributed by atoms with van der Waals surface area (Å²) in [5.41, 5.74) is 6.21. The quantitative estimate of drug-likeness (QED) is 0.872. The van der Waals surface area contributed by atoms with Gasteiger partial charge in [0.05, 0.1) is 20.1 Å². The summed E-state index contributed by atoms with van der Waals surface area (Å²) in [7, 11) is 3.08. The van der Waals surface area contributed by atoms with Crippen molar-refractivity contribution in [3.05, 3.63) is 35.9 Å². The van der Waals surface area contributed by atoms with Crippen LogP contribution in [0.3, 0.4) is 0 Å². The molecule has 5 heteroatoms. The van der Waals surface area contributed by atoms with Crippen LogP contribution in [0.5, 0.6) is 11.5 Å². The van der Waals surface area contributed by atoms with E-state index in [9.17, 15) is 9.90 Å². The molecule has 0 radical (unpaired) electrons. The van der Waals surface area contributed by atoms with Gasteiger partial charge < -0.3 is 20.3 Å². The molecule has 2 aromatic rings. The molecule has 2 aromatic carbocycles. The molecule has 0 aliphatic carbocycles. The van der Waals surface area contributed by atoms with E-state index in [1.807, 2.05) is 18.2 Å². The Labute approximate surface area is 116 Å². The molecule has 0 fully saturated rings. The van der Waals surface area contributed by atoms with Crippen LogP contribution in [0.4, 0.5) is 0 Å². The second kappa shape index (κ2) is 5.79. The Balaban J connectivity index is 2.78. The predicted octanol–water partition coefficient (Wildman–Crippen LogP) is 1.98. The van der Waals surface area contributed by atoms with E-state index in [1.54, 1.807) is 19.2 Å². The van der Waals surface area contributed by atoms with Gasteiger partial charge in [-0.15, -0.1) is 0 Å². The van der Waals surface area contributed by atoms with Crippen LogP contribution in [0.15, 0.2) is 30.3 Å². The smallest absolute Gasteiger partial charge is 0.312 e. The lowest BCUT2D eigenvalue weighted by Crippen LogP contribution is -2.22. The number of ether oxygens (including phenoxy) is 2. The summed E-state index contributed by atoms with van der Waals surface area (Å²) in [6, 6.07) is 9.16. The molecule has 0 amide bonds. The minimum absolute atomic E-state index is 0.00200. The fourth-order valence-corrected chi connectivity index (χ4v) is 2.31. The van der Waals surface area contributed by atoms with Gasteiger partial charge in [-0.05, 0) is 29.0 Å². The average molecular weight is 275 g/mol. The van der Waals surface area contributed by atoms with E-state index in [-0.39, 0.29) is 6.54 Å². The summed E-state index contributed by atoms with van der Waals surface area (Å²) in [4.78, 5) is 11.4. The molecule has 0 saturated heterocycles. The molecule has 0 bridgehead atoms. The number of carboxylic acid groups (broad SMARTS) is 1. The molecular formula is C15H17NO4. The summed E-state index contributed by atoms with van der Waals surface area (Å²) in [6.45, 7) is 0.00200. The van der Waals surface area contributed by atoms with Gasteiger partial charge in [0.1, 0.15) is 11.5 Å². The molecule has 2 rings (SSSR count). The van der Waals surface area contributed by atoms with Gasteiger partial charge >= 0.3 is 5.97 Å². The molecule has 0 aromatic heterocycles. The van der Waals surface area contributed by atoms with Gasteiger partial charge in [0.25, 0.3) is 0 Å². The number of benzene rings is 2. The summed E-state index contributed by atoms with van der Waals surface area (Å²) in [5, 5.41) is 11.1. The summed E-state index contributed by atoms with van der Waals surface area (Å²) >= 11 is 0. The van der Waals surface area contributed by atoms with Crippen molar-refractivity contribution in [2.45, 2.75) is 5.92 Å². The van der Waals surface area contributed by atoms with Crippen LogP contribution >= 0.6 is 0 Å². The number of carbonyl (C=O) groups is 1. The Kier molecular flexibility index (Phi) is 4.10. The third-order valence-corrected chi connectivity index (χ3v) is 3.33. The maximum atomic E-state index is 11.4. The number of rotatable bonds is 5. The van der Waals surface area contributed by atoms with Crippen molar-refractivity contribution in [1.82, 2.24) is 0 Å². The Morgan fingerprint density at radius 3 is 2.50 bits per heavy atom. The zero-order chi connectivity index (χ0) is 14.7. The molecule has 0 aliphatic heterocycles. The van der Waals surface area contributed by atoms with Gasteiger partial charge in [-0.1, -0.05) is 12.1 Å². The van der Waals surface area contributed by atoms with E-state index in [1.165, 1.54) is 7.11 Å². The summed E-state index contributed by atoms with van der Waals surface area (Å²) in [6.07, 6.45) is 0. The number of aliphatic carboxylic acids is 1. The summed E-state index contributed by atoms with van der Waals surface area (Å²) in [5.74, 6) is -0.612. The highest BCUT2D eigenvalue weighted by molar-refractivity contribution is 5.93. The third kappa shape index (κ3) is 2.40. The lowest BCUT2D eigenvalue weighted by Gasteiger charge is -2.17. The van der Waals surface area contributed by atoms with Crippen molar-refractivity contribution >= 4 is 16.7 Å². The van der Waals surface area contributed by atoms with Crippen LogP contribution in [-0.4, -0.2) is 31.8 Å². The van der Waals surface area contributed by atoms with E-state index in [4.69, 9.17) is 15.2 Å². The third-order valence-electron chi connectivity index (χ3n) is 3.33. The Hall–Kier alpha value is -2.27. The number of nitrogens with two attached hydrogens (primary N) is 1. The van der Waals surface area contributed by atoms with Crippen molar-refractivity contribution in [3.63, 3.8) is 0 Å². The lowest BCUT2D eigenvalue weighted by molar-refractivity contribution is -0.138. The minimum atomic E-state index is -0.971. The average Bonchev–Trinajstić information content (AvgIpc) is 2.47. The van der Waals surface area contributed by atoms with Crippen LogP contribution in [0.2, 0.25) is 0 Å². The van der Waals surface area contributed by atoms with Gasteiger partial charge in [0.2, 0.25) is 0 Å². The largest absolute Gasteiger partial charge is 0.497 e. The van der Waals surface area contributed by atoms with Crippen molar-refractivity contribution in [3.8, 4) is 11.5 Å². The highest BCUT2D eigenvalue weighted by Crippen LogP contribution is 2.35. The molecule has 1 atom stereocenters. The lowest BCUT2D eigenvalue weighted by atomic mass is 9.92. The topological polar surface area (TPSA) is 81.8 Å². The first-order valence-electron chi connectivity index (χ1n) is 6.20. The molecule has 106 valence electrons. The van der Waals surface area contributed by atoms with Gasteiger partial charge in [0.15, 0.2) is 0 Å². The minimum Gasteiger partial charge on any atom is -0.497 e. The normalized spacial score (nSPS) is 12.2. The molecule has 20 heavy (non-hydrogen) atoms. The monoisotopic (exact) mass is 275 g/mol. The first kappa shape index (κ1) is 14.1. The molecule has 3 N–H and O–H groups in total. The Bertz CT molecular complexity index is 634. The summed E-state index contributed by atoms with van der Waals surface area (Å²) < 4.78 is 10.5. The number of methoxy groups -OCH3 is 2. The number of carboxylic acids is 1. The van der Waals surface area contributed by atoms with E-state index in [2.05, 4.69) is 0 Å². The van der Waals surface area contributed by atoms with Gasteiger partial charge in [-0.2, -0.15) is 0 Å². The maximum absolute atomic E-state index is 11.4. The van der Waals surface area contributed by atoms with E-state index in [0.717, 1.165) is 10.8 Å². The van der Waals surface area contributed by atoms with Crippen LogP contribution in [-0.2, 0) is 4.79 Å². The van der Waals surface area contributed by atoms with Crippen LogP contribution in [0, 0.1) is 0 Å². The van der Waals surface area contributed by atoms with Crippen LogP contribution < -0.4 is 15.2 Å². The van der Waals surface area contributed by atoms with Gasteiger partial charge in [-0.3, -0.25) is 4.79 Å². The van der Waals surface area contributed by atoms with Gasteiger partial charge in [-0.25, -0.2) is 0 Å². The molecule has 0 spiro atoms. The van der Waals surface area contributed by atoms with Crippen molar-refractivity contribution in [2.24, 2.45) is 5.73 Å². The second-order valence-corrected chi connectivity index (χ2v) is 4.40. The van der Waals surface area contributed by atoms with Gasteiger partial charge in [0, 0.05) is 12.1 Å². The first-order chi connectivity index (χ1) is 9.62.